The first-order chi connectivity index (χ1) is 35.0. The number of hydrogen-bond acceptors (Lipinski definition) is 10. The van der Waals surface area contributed by atoms with Crippen LogP contribution in [0.25, 0.3) is 0 Å². The van der Waals surface area contributed by atoms with Crippen LogP contribution in [0.4, 0.5) is 0 Å². The summed E-state index contributed by atoms with van der Waals surface area (Å²) in [4.78, 5) is 0. The molecule has 0 heterocycles. The Kier molecular flexibility index (Phi) is 13.9. The molecule has 10 rings (SSSR count). The molecule has 71 heavy (non-hydrogen) atoms. The predicted octanol–water partition coefficient (Wildman–Crippen LogP) is 16.2. The first-order valence-electron chi connectivity index (χ1n) is 22.7. The fraction of sp³-hybridized carbons (Fsp3) is 0. The summed E-state index contributed by atoms with van der Waals surface area (Å²) in [6, 6.07) is 82.3. The van der Waals surface area contributed by atoms with Crippen LogP contribution in [-0.4, -0.2) is 19.5 Å². The van der Waals surface area contributed by atoms with Crippen LogP contribution in [0.1, 0.15) is 0 Å². The molecule has 10 nitrogen and oxygen atoms in total. The number of rotatable bonds is 20. The number of benzene rings is 10. The Bertz CT molecular complexity index is 2770. The maximum atomic E-state index is 7.60. The van der Waals surface area contributed by atoms with Gasteiger partial charge in [-0.05, 0) is 0 Å². The minimum absolute atomic E-state index is 0.129. The van der Waals surface area contributed by atoms with E-state index in [-0.39, 0.29) is 57.5 Å². The summed E-state index contributed by atoms with van der Waals surface area (Å²) < 4.78 is 71.0. The molecule has 0 aliphatic carbocycles. The number of ether oxygens (including phenoxy) is 5. The van der Waals surface area contributed by atoms with Crippen molar-refractivity contribution in [3.63, 3.8) is 0 Å². The summed E-state index contributed by atoms with van der Waals surface area (Å²) in [6.45, 7) is 0. The van der Waals surface area contributed by atoms with E-state index in [1.54, 1.807) is 91.0 Å². The van der Waals surface area contributed by atoms with Gasteiger partial charge in [0, 0.05) is 0 Å². The van der Waals surface area contributed by atoms with E-state index in [1.165, 1.54) is 0 Å². The van der Waals surface area contributed by atoms with Crippen molar-refractivity contribution in [3.05, 3.63) is 273 Å². The van der Waals surface area contributed by atoms with E-state index < -0.39 is 19.5 Å². The van der Waals surface area contributed by atoms with Crippen LogP contribution in [0, 0.1) is 0 Å². The fourth-order valence-electron chi connectivity index (χ4n) is 7.12. The van der Waals surface area contributed by atoms with Crippen LogP contribution in [0.3, 0.4) is 0 Å². The summed E-state index contributed by atoms with van der Waals surface area (Å²) in [5.74, 6) is 4.71. The van der Waals surface area contributed by atoms with Gasteiger partial charge in [0.25, 0.3) is 0 Å². The van der Waals surface area contributed by atoms with Crippen molar-refractivity contribution in [2.45, 2.75) is 0 Å². The van der Waals surface area contributed by atoms with Crippen molar-refractivity contribution in [2.75, 3.05) is 0 Å². The molecular weight excluding hydrogens is 1000 g/mol. The zero-order valence-electron chi connectivity index (χ0n) is 38.0. The third kappa shape index (κ3) is 11.5. The van der Waals surface area contributed by atoms with Crippen LogP contribution in [0.15, 0.2) is 273 Å². The van der Waals surface area contributed by atoms with Gasteiger partial charge in [0.15, 0.2) is 0 Å². The van der Waals surface area contributed by atoms with E-state index in [0.717, 1.165) is 0 Å². The molecule has 350 valence electrons. The van der Waals surface area contributed by atoms with E-state index in [2.05, 4.69) is 0 Å². The average Bonchev–Trinajstić information content (AvgIpc) is 3.41. The standard InChI is InChI=1S/5C12H10O2.Sb/c5*13-11-8-4-5-9-12(11)14-10-6-2-1-3-7-10;/h5*1-9,13H;/q;;;;;+5/p-5. The first-order valence-corrected chi connectivity index (χ1v) is 27.9. The van der Waals surface area contributed by atoms with Crippen LogP contribution in [-0.2, 0) is 0 Å². The van der Waals surface area contributed by atoms with Gasteiger partial charge in [-0.25, -0.2) is 0 Å². The van der Waals surface area contributed by atoms with Gasteiger partial charge in [-0.1, -0.05) is 0 Å². The average molecular weight is 1050 g/mol. The second-order valence-corrected chi connectivity index (χ2v) is 22.4. The van der Waals surface area contributed by atoms with E-state index >= 15 is 0 Å². The Balaban J connectivity index is 1.26. The Hall–Kier alpha value is -8.98. The summed E-state index contributed by atoms with van der Waals surface area (Å²) >= 11 is -7.60. The van der Waals surface area contributed by atoms with Crippen molar-refractivity contribution in [3.8, 4) is 86.2 Å². The van der Waals surface area contributed by atoms with Crippen molar-refractivity contribution in [2.24, 2.45) is 0 Å². The Morgan fingerprint density at radius 3 is 0.465 bits per heavy atom. The van der Waals surface area contributed by atoms with Crippen LogP contribution >= 0.6 is 0 Å². The molecule has 10 aromatic carbocycles. The molecule has 0 spiro atoms. The molecule has 11 heteroatoms. The Labute approximate surface area is 415 Å². The zero-order chi connectivity index (χ0) is 48.0. The summed E-state index contributed by atoms with van der Waals surface area (Å²) in [5, 5.41) is 0. The van der Waals surface area contributed by atoms with Gasteiger partial charge in [-0.3, -0.25) is 0 Å². The summed E-state index contributed by atoms with van der Waals surface area (Å²) in [6.07, 6.45) is 0. The molecule has 0 amide bonds. The van der Waals surface area contributed by atoms with Crippen LogP contribution in [0.2, 0.25) is 0 Å². The van der Waals surface area contributed by atoms with Crippen molar-refractivity contribution in [1.82, 2.24) is 0 Å². The summed E-state index contributed by atoms with van der Waals surface area (Å²) in [7, 11) is 0. The maximum absolute atomic E-state index is 7.60. The van der Waals surface area contributed by atoms with Crippen LogP contribution < -0.4 is 38.8 Å². The number of para-hydroxylation sites is 15. The topological polar surface area (TPSA) is 92.3 Å². The molecule has 0 atom stereocenters. The van der Waals surface area contributed by atoms with Gasteiger partial charge in [-0.2, -0.15) is 0 Å². The SMILES string of the molecule is c1ccc(Oc2ccccc2[O][Sb]([O]c2ccccc2Oc2ccccc2)([O]c2ccccc2Oc2ccccc2)([O]c2ccccc2Oc2ccccc2)[O]c2ccccc2Oc2ccccc2)cc1. The molecule has 0 aliphatic rings. The molecule has 0 aromatic heterocycles. The van der Waals surface area contributed by atoms with Gasteiger partial charge in [0.2, 0.25) is 0 Å². The molecule has 10 aromatic rings. The molecular formula is C60H45O10Sb. The van der Waals surface area contributed by atoms with Crippen molar-refractivity contribution < 1.29 is 38.8 Å². The molecule has 0 saturated carbocycles. The van der Waals surface area contributed by atoms with Gasteiger partial charge in [0.05, 0.1) is 0 Å². The van der Waals surface area contributed by atoms with Gasteiger partial charge < -0.3 is 0 Å². The van der Waals surface area contributed by atoms with E-state index in [1.807, 2.05) is 182 Å². The Morgan fingerprint density at radius 1 is 0.155 bits per heavy atom. The van der Waals surface area contributed by atoms with E-state index in [0.29, 0.717) is 28.7 Å². The third-order valence-corrected chi connectivity index (χ3v) is 17.4. The minimum atomic E-state index is -7.60. The molecule has 0 saturated heterocycles. The molecule has 0 unspecified atom stereocenters. The van der Waals surface area contributed by atoms with Crippen molar-refractivity contribution >= 4 is 19.5 Å². The second kappa shape index (κ2) is 21.5. The monoisotopic (exact) mass is 1050 g/mol. The molecule has 0 fully saturated rings. The van der Waals surface area contributed by atoms with E-state index in [9.17, 15) is 0 Å². The third-order valence-electron chi connectivity index (χ3n) is 10.3. The van der Waals surface area contributed by atoms with Gasteiger partial charge in [-0.15, -0.1) is 0 Å². The second-order valence-electron chi connectivity index (χ2n) is 15.5. The van der Waals surface area contributed by atoms with Crippen molar-refractivity contribution in [1.29, 1.82) is 0 Å². The molecule has 0 N–H and O–H groups in total. The molecule has 0 bridgehead atoms. The first kappa shape index (κ1) is 45.8. The van der Waals surface area contributed by atoms with Gasteiger partial charge >= 0.3 is 417 Å². The number of hydrogen-bond donors (Lipinski definition) is 0. The van der Waals surface area contributed by atoms with E-state index in [4.69, 9.17) is 38.8 Å². The fourth-order valence-corrected chi connectivity index (χ4v) is 14.9. The van der Waals surface area contributed by atoms with Crippen LogP contribution in [0.5, 0.6) is 86.2 Å². The quantitative estimate of drug-likeness (QED) is 0.0687. The van der Waals surface area contributed by atoms with Gasteiger partial charge in [0.1, 0.15) is 0 Å². The normalized spacial score (nSPS) is 11.4. The predicted molar refractivity (Wildman–Crippen MR) is 274 cm³/mol. The summed E-state index contributed by atoms with van der Waals surface area (Å²) in [5.41, 5.74) is 0. The zero-order valence-corrected chi connectivity index (χ0v) is 40.6. The molecule has 0 aliphatic heterocycles. The Morgan fingerprint density at radius 2 is 0.296 bits per heavy atom. The molecule has 0 radical (unpaired) electrons.